The van der Waals surface area contributed by atoms with Gasteiger partial charge < -0.3 is 14.2 Å². The fourth-order valence-corrected chi connectivity index (χ4v) is 2.80. The molecular weight excluding hydrogens is 366 g/mol. The van der Waals surface area contributed by atoms with E-state index in [1.165, 1.54) is 6.08 Å². The summed E-state index contributed by atoms with van der Waals surface area (Å²) in [5.41, 5.74) is 3.26. The van der Waals surface area contributed by atoms with Gasteiger partial charge in [0.2, 0.25) is 0 Å². The lowest BCUT2D eigenvalue weighted by Gasteiger charge is -2.09. The van der Waals surface area contributed by atoms with Crippen molar-refractivity contribution >= 4 is 12.0 Å². The van der Waals surface area contributed by atoms with Gasteiger partial charge in [-0.3, -0.25) is 0 Å². The lowest BCUT2D eigenvalue weighted by atomic mass is 10.0. The molecule has 0 aromatic heterocycles. The molecule has 0 fully saturated rings. The highest BCUT2D eigenvalue weighted by molar-refractivity contribution is 5.89. The van der Waals surface area contributed by atoms with E-state index in [0.717, 1.165) is 11.1 Å². The first-order valence-corrected chi connectivity index (χ1v) is 8.86. The second-order valence-electron chi connectivity index (χ2n) is 6.05. The summed E-state index contributed by atoms with van der Waals surface area (Å²) in [5.74, 6) is 1.07. The minimum Gasteiger partial charge on any atom is -0.493 e. The van der Waals surface area contributed by atoms with Gasteiger partial charge in [0, 0.05) is 11.6 Å². The maximum absolute atomic E-state index is 12.2. The van der Waals surface area contributed by atoms with Crippen molar-refractivity contribution in [2.45, 2.75) is 0 Å². The smallest absolute Gasteiger partial charge is 0.336 e. The molecule has 0 aliphatic rings. The number of ether oxygens (including phenoxy) is 3. The molecule has 0 saturated carbocycles. The van der Waals surface area contributed by atoms with Crippen LogP contribution in [0.5, 0.6) is 17.2 Å². The molecule has 0 amide bonds. The summed E-state index contributed by atoms with van der Waals surface area (Å²) in [6.07, 6.45) is 2.96. The van der Waals surface area contributed by atoms with Gasteiger partial charge >= 0.3 is 5.97 Å². The van der Waals surface area contributed by atoms with E-state index in [2.05, 4.69) is 6.07 Å². The fourth-order valence-electron chi connectivity index (χ4n) is 2.80. The van der Waals surface area contributed by atoms with Gasteiger partial charge in [-0.1, -0.05) is 36.4 Å². The molecule has 0 bridgehead atoms. The molecule has 3 aromatic rings. The molecule has 0 saturated heterocycles. The van der Waals surface area contributed by atoms with Crippen LogP contribution in [0.2, 0.25) is 0 Å². The largest absolute Gasteiger partial charge is 0.493 e. The van der Waals surface area contributed by atoms with Crippen molar-refractivity contribution in [2.24, 2.45) is 0 Å². The second-order valence-corrected chi connectivity index (χ2v) is 6.05. The number of nitriles is 1. The van der Waals surface area contributed by atoms with Crippen LogP contribution in [0, 0.1) is 11.3 Å². The van der Waals surface area contributed by atoms with Crippen LogP contribution in [-0.4, -0.2) is 20.2 Å². The summed E-state index contributed by atoms with van der Waals surface area (Å²) in [6.45, 7) is 0. The van der Waals surface area contributed by atoms with Crippen molar-refractivity contribution in [2.75, 3.05) is 14.2 Å². The van der Waals surface area contributed by atoms with Gasteiger partial charge in [0.15, 0.2) is 11.5 Å². The molecule has 0 radical (unpaired) electrons. The molecule has 29 heavy (non-hydrogen) atoms. The molecule has 3 rings (SSSR count). The number of para-hydroxylation sites is 1. The van der Waals surface area contributed by atoms with E-state index in [9.17, 15) is 4.79 Å². The minimum absolute atomic E-state index is 0.439. The van der Waals surface area contributed by atoms with Crippen LogP contribution < -0.4 is 14.2 Å². The summed E-state index contributed by atoms with van der Waals surface area (Å²) in [7, 11) is 3.10. The average Bonchev–Trinajstić information content (AvgIpc) is 2.78. The number of benzene rings is 3. The molecule has 3 aromatic carbocycles. The number of nitrogens with zero attached hydrogens (tertiary/aromatic N) is 1. The van der Waals surface area contributed by atoms with Crippen molar-refractivity contribution in [1.29, 1.82) is 5.26 Å². The van der Waals surface area contributed by atoms with Crippen LogP contribution in [0.4, 0.5) is 0 Å². The molecule has 5 heteroatoms. The summed E-state index contributed by atoms with van der Waals surface area (Å²) in [5, 5.41) is 8.87. The zero-order valence-corrected chi connectivity index (χ0v) is 16.1. The Morgan fingerprint density at radius 3 is 2.14 bits per heavy atom. The van der Waals surface area contributed by atoms with E-state index in [0.29, 0.717) is 28.4 Å². The van der Waals surface area contributed by atoms with Gasteiger partial charge in [0.1, 0.15) is 5.75 Å². The first kappa shape index (κ1) is 19.7. The summed E-state index contributed by atoms with van der Waals surface area (Å²) in [6, 6.07) is 22.0. The van der Waals surface area contributed by atoms with Gasteiger partial charge in [0.25, 0.3) is 0 Å². The Morgan fingerprint density at radius 1 is 0.897 bits per heavy atom. The first-order chi connectivity index (χ1) is 14.1. The maximum Gasteiger partial charge on any atom is 0.336 e. The van der Waals surface area contributed by atoms with Crippen molar-refractivity contribution in [3.63, 3.8) is 0 Å². The van der Waals surface area contributed by atoms with Crippen molar-refractivity contribution in [1.82, 2.24) is 0 Å². The number of methoxy groups -OCH3 is 2. The molecule has 0 unspecified atom stereocenters. The Morgan fingerprint density at radius 2 is 1.55 bits per heavy atom. The van der Waals surface area contributed by atoms with Gasteiger partial charge in [-0.25, -0.2) is 4.79 Å². The van der Waals surface area contributed by atoms with E-state index in [1.54, 1.807) is 50.6 Å². The Kier molecular flexibility index (Phi) is 6.29. The van der Waals surface area contributed by atoms with E-state index in [1.807, 2.05) is 36.4 Å². The Labute approximate surface area is 169 Å². The van der Waals surface area contributed by atoms with Crippen LogP contribution in [0.25, 0.3) is 17.2 Å². The number of hydrogen-bond acceptors (Lipinski definition) is 5. The summed E-state index contributed by atoms with van der Waals surface area (Å²) in [4.78, 5) is 12.2. The highest BCUT2D eigenvalue weighted by Gasteiger charge is 2.08. The number of hydrogen-bond donors (Lipinski definition) is 0. The van der Waals surface area contributed by atoms with Crippen LogP contribution in [-0.2, 0) is 4.79 Å². The highest BCUT2D eigenvalue weighted by atomic mass is 16.5. The zero-order valence-electron chi connectivity index (χ0n) is 16.1. The highest BCUT2D eigenvalue weighted by Crippen LogP contribution is 2.31. The quantitative estimate of drug-likeness (QED) is 0.344. The Hall–Kier alpha value is -4.04. The normalized spacial score (nSPS) is 10.4. The third-order valence-corrected chi connectivity index (χ3v) is 4.25. The van der Waals surface area contributed by atoms with Crippen LogP contribution in [0.15, 0.2) is 72.8 Å². The fraction of sp³-hybridized carbons (Fsp3) is 0.0833. The number of carbonyl (C=O) groups is 1. The van der Waals surface area contributed by atoms with Gasteiger partial charge in [0.05, 0.1) is 25.9 Å². The molecule has 144 valence electrons. The molecule has 0 aliphatic heterocycles. The first-order valence-electron chi connectivity index (χ1n) is 8.86. The zero-order chi connectivity index (χ0) is 20.6. The summed E-state index contributed by atoms with van der Waals surface area (Å²) < 4.78 is 15.9. The SMILES string of the molecule is COc1cccc(/C=C/C(=O)Oc2ccc(-c3ccc(C#N)cc3)cc2)c1OC. The van der Waals surface area contributed by atoms with Gasteiger partial charge in [-0.15, -0.1) is 0 Å². The van der Waals surface area contributed by atoms with Gasteiger partial charge in [-0.05, 0) is 47.5 Å². The molecule has 5 nitrogen and oxygen atoms in total. The van der Waals surface area contributed by atoms with Crippen molar-refractivity contribution < 1.29 is 19.0 Å². The number of carbonyl (C=O) groups excluding carboxylic acids is 1. The van der Waals surface area contributed by atoms with E-state index >= 15 is 0 Å². The third-order valence-electron chi connectivity index (χ3n) is 4.25. The lowest BCUT2D eigenvalue weighted by molar-refractivity contribution is -0.128. The monoisotopic (exact) mass is 385 g/mol. The minimum atomic E-state index is -0.499. The van der Waals surface area contributed by atoms with Crippen molar-refractivity contribution in [3.05, 3.63) is 83.9 Å². The Balaban J connectivity index is 1.68. The topological polar surface area (TPSA) is 68.5 Å². The predicted molar refractivity (Wildman–Crippen MR) is 111 cm³/mol. The average molecular weight is 385 g/mol. The molecular formula is C24H19NO4. The van der Waals surface area contributed by atoms with Gasteiger partial charge in [-0.2, -0.15) is 5.26 Å². The standard InChI is InChI=1S/C24H19NO4/c1-27-22-5-3-4-20(24(22)28-2)12-15-23(26)29-21-13-10-19(11-14-21)18-8-6-17(16-25)7-9-18/h3-15H,1-2H3/b15-12+. The molecule has 0 N–H and O–H groups in total. The number of rotatable bonds is 6. The van der Waals surface area contributed by atoms with Crippen LogP contribution >= 0.6 is 0 Å². The maximum atomic E-state index is 12.2. The van der Waals surface area contributed by atoms with Crippen LogP contribution in [0.3, 0.4) is 0 Å². The number of esters is 1. The molecule has 0 atom stereocenters. The molecule has 0 aliphatic carbocycles. The third kappa shape index (κ3) is 4.82. The predicted octanol–water partition coefficient (Wildman–Crippen LogP) is 4.86. The van der Waals surface area contributed by atoms with Crippen LogP contribution in [0.1, 0.15) is 11.1 Å². The van der Waals surface area contributed by atoms with Crippen molar-refractivity contribution in [3.8, 4) is 34.4 Å². The lowest BCUT2D eigenvalue weighted by Crippen LogP contribution is -2.03. The van der Waals surface area contributed by atoms with E-state index < -0.39 is 5.97 Å². The van der Waals surface area contributed by atoms with E-state index in [4.69, 9.17) is 19.5 Å². The second kappa shape index (κ2) is 9.25. The van der Waals surface area contributed by atoms with E-state index in [-0.39, 0.29) is 0 Å². The molecule has 0 heterocycles. The summed E-state index contributed by atoms with van der Waals surface area (Å²) >= 11 is 0. The Bertz CT molecular complexity index is 1060. The molecule has 0 spiro atoms.